The summed E-state index contributed by atoms with van der Waals surface area (Å²) in [5.74, 6) is -0.211. The number of nitrogen functional groups attached to an aromatic ring is 1. The Bertz CT molecular complexity index is 2280. The number of rotatable bonds is 12. The van der Waals surface area contributed by atoms with Crippen LogP contribution in [0, 0.1) is 11.2 Å². The molecule has 11 nitrogen and oxygen atoms in total. The molecule has 310 valence electrons. The molecular formula is C46H54FN7O4S. The molecule has 3 saturated heterocycles. The number of carbonyl (C=O) groups excluding carboxylic acids is 1. The molecule has 4 fully saturated rings. The van der Waals surface area contributed by atoms with Crippen LogP contribution in [-0.2, 0) is 9.47 Å². The maximum absolute atomic E-state index is 16.4. The number of aromatic amines is 1. The van der Waals surface area contributed by atoms with Crippen LogP contribution in [0.5, 0.6) is 11.5 Å². The van der Waals surface area contributed by atoms with Crippen LogP contribution in [-0.4, -0.2) is 78.9 Å². The zero-order chi connectivity index (χ0) is 40.5. The number of fused-ring (bicyclic) bond motifs is 1. The number of piperidine rings is 1. The predicted octanol–water partition coefficient (Wildman–Crippen LogP) is 9.05. The zero-order valence-electron chi connectivity index (χ0n) is 33.8. The molecule has 59 heavy (non-hydrogen) atoms. The van der Waals surface area contributed by atoms with Gasteiger partial charge in [0.15, 0.2) is 0 Å². The summed E-state index contributed by atoms with van der Waals surface area (Å²) >= 11 is 1.07. The number of anilines is 3. The fourth-order valence-corrected chi connectivity index (χ4v) is 10.3. The highest BCUT2D eigenvalue weighted by Crippen LogP contribution is 2.54. The fraction of sp³-hybridized carbons (Fsp3) is 0.435. The molecule has 13 heteroatoms. The van der Waals surface area contributed by atoms with Crippen molar-refractivity contribution < 1.29 is 23.4 Å². The summed E-state index contributed by atoms with van der Waals surface area (Å²) in [7, 11) is 0. The summed E-state index contributed by atoms with van der Waals surface area (Å²) in [5.41, 5.74) is 12.2. The maximum Gasteiger partial charge on any atom is 0.268 e. The van der Waals surface area contributed by atoms with E-state index in [1.165, 1.54) is 49.4 Å². The number of carbonyl (C=O) groups is 1. The predicted molar refractivity (Wildman–Crippen MR) is 232 cm³/mol. The van der Waals surface area contributed by atoms with E-state index in [4.69, 9.17) is 19.9 Å². The standard InChI is InChI=1S/C46H54FN7O4S/c1-29(2)36-6-3-4-7-37(36)41-8-5-15-54(41)32-24-46(25-32)12-16-53(17-13-46)31-21-38(47)43(42(22-31)58-33-20-30-11-14-49-44(30)51-26-33)45(55)52-59-35-9-10-40(39(48)23-35)50-27-34-28-56-18-19-57-34/h3-4,6-7,9-11,14,20-23,26,29,32,34,41,50H,5,8,12-13,15-19,24-25,27-28,48H2,1-2H3,(H,49,51)(H,52,55). The largest absolute Gasteiger partial charge is 0.455 e. The summed E-state index contributed by atoms with van der Waals surface area (Å²) in [4.78, 5) is 27.1. The minimum atomic E-state index is -0.648. The van der Waals surface area contributed by atoms with Gasteiger partial charge >= 0.3 is 0 Å². The SMILES string of the molecule is CC(C)c1ccccc1C1CCCN1C1CC2(CCN(c3cc(F)c(C(=O)NSc4ccc(NCC5COCCO5)c(N)c4)c(Oc4cnc5[nH]ccc5c4)c3)CC2)C1. The first-order chi connectivity index (χ1) is 28.7. The van der Waals surface area contributed by atoms with Gasteiger partial charge in [-0.1, -0.05) is 38.1 Å². The number of nitrogens with two attached hydrogens (primary N) is 1. The van der Waals surface area contributed by atoms with E-state index in [0.717, 1.165) is 49.0 Å². The van der Waals surface area contributed by atoms with Gasteiger partial charge in [-0.2, -0.15) is 0 Å². The molecule has 0 bridgehead atoms. The summed E-state index contributed by atoms with van der Waals surface area (Å²) in [6.07, 6.45) is 10.3. The molecule has 1 spiro atoms. The van der Waals surface area contributed by atoms with Crippen molar-refractivity contribution in [1.29, 1.82) is 0 Å². The molecule has 2 aromatic heterocycles. The zero-order valence-corrected chi connectivity index (χ0v) is 34.7. The Labute approximate surface area is 349 Å². The van der Waals surface area contributed by atoms with Gasteiger partial charge in [-0.25, -0.2) is 9.37 Å². The van der Waals surface area contributed by atoms with Crippen LogP contribution >= 0.6 is 11.9 Å². The van der Waals surface area contributed by atoms with Crippen molar-refractivity contribution in [3.8, 4) is 11.5 Å². The van der Waals surface area contributed by atoms with E-state index in [0.29, 0.717) is 77.4 Å². The second-order valence-corrected chi connectivity index (χ2v) is 17.8. The van der Waals surface area contributed by atoms with Crippen LogP contribution in [0.1, 0.15) is 85.8 Å². The van der Waals surface area contributed by atoms with Crippen LogP contribution < -0.4 is 25.4 Å². The quantitative estimate of drug-likeness (QED) is 0.0715. The molecule has 1 amide bonds. The second kappa shape index (κ2) is 17.0. The van der Waals surface area contributed by atoms with Gasteiger partial charge in [0.1, 0.15) is 28.5 Å². The van der Waals surface area contributed by atoms with Crippen molar-refractivity contribution in [1.82, 2.24) is 19.6 Å². The normalized spacial score (nSPS) is 20.9. The van der Waals surface area contributed by atoms with Crippen molar-refractivity contribution in [3.05, 3.63) is 102 Å². The number of ether oxygens (including phenoxy) is 3. The second-order valence-electron chi connectivity index (χ2n) is 16.9. The maximum atomic E-state index is 16.4. The van der Waals surface area contributed by atoms with Crippen molar-refractivity contribution >= 4 is 46.0 Å². The lowest BCUT2D eigenvalue weighted by atomic mass is 9.59. The first kappa shape index (κ1) is 39.6. The third-order valence-electron chi connectivity index (χ3n) is 12.8. The van der Waals surface area contributed by atoms with Gasteiger partial charge in [0.2, 0.25) is 0 Å². The molecular weight excluding hydrogens is 766 g/mol. The van der Waals surface area contributed by atoms with E-state index in [1.54, 1.807) is 24.5 Å². The Kier molecular flexibility index (Phi) is 11.4. The van der Waals surface area contributed by atoms with Gasteiger partial charge in [0, 0.05) is 60.0 Å². The van der Waals surface area contributed by atoms with Crippen LogP contribution in [0.3, 0.4) is 0 Å². The first-order valence-electron chi connectivity index (χ1n) is 21.1. The number of likely N-dealkylation sites (tertiary alicyclic amines) is 1. The third-order valence-corrected chi connectivity index (χ3v) is 13.6. The number of halogens is 1. The number of H-pyrrole nitrogens is 1. The lowest BCUT2D eigenvalue weighted by molar-refractivity contribution is -0.0818. The third kappa shape index (κ3) is 8.48. The highest BCUT2D eigenvalue weighted by Gasteiger charge is 2.50. The summed E-state index contributed by atoms with van der Waals surface area (Å²) in [6, 6.07) is 22.6. The summed E-state index contributed by atoms with van der Waals surface area (Å²) in [5, 5.41) is 4.16. The van der Waals surface area contributed by atoms with E-state index in [2.05, 4.69) is 67.9 Å². The molecule has 2 unspecified atom stereocenters. The van der Waals surface area contributed by atoms with Gasteiger partial charge < -0.3 is 35.1 Å². The first-order valence-corrected chi connectivity index (χ1v) is 21.9. The monoisotopic (exact) mass is 819 g/mol. The van der Waals surface area contributed by atoms with E-state index >= 15 is 4.39 Å². The average Bonchev–Trinajstić information content (AvgIpc) is 3.92. The molecule has 9 rings (SSSR count). The molecule has 3 aliphatic heterocycles. The Morgan fingerprint density at radius 1 is 1.08 bits per heavy atom. The van der Waals surface area contributed by atoms with E-state index in [9.17, 15) is 4.79 Å². The minimum Gasteiger partial charge on any atom is -0.455 e. The smallest absolute Gasteiger partial charge is 0.268 e. The number of aromatic nitrogens is 2. The van der Waals surface area contributed by atoms with Crippen LogP contribution in [0.4, 0.5) is 21.5 Å². The van der Waals surface area contributed by atoms with Crippen LogP contribution in [0.15, 0.2) is 84.0 Å². The fourth-order valence-electron chi connectivity index (χ4n) is 9.68. The number of nitrogens with one attached hydrogen (secondary N) is 3. The molecule has 5 heterocycles. The number of nitrogens with zero attached hydrogens (tertiary/aromatic N) is 3. The molecule has 2 atom stereocenters. The number of benzene rings is 3. The van der Waals surface area contributed by atoms with E-state index in [1.807, 2.05) is 24.3 Å². The lowest BCUT2D eigenvalue weighted by Crippen LogP contribution is -2.55. The number of hydrogen-bond acceptors (Lipinski definition) is 10. The van der Waals surface area contributed by atoms with E-state index < -0.39 is 11.7 Å². The minimum absolute atomic E-state index is 0.0519. The Hall–Kier alpha value is -4.82. The molecule has 3 aromatic carbocycles. The number of hydrogen-bond donors (Lipinski definition) is 4. The molecule has 5 N–H and O–H groups in total. The Morgan fingerprint density at radius 2 is 1.93 bits per heavy atom. The van der Waals surface area contributed by atoms with Gasteiger partial charge in [0.05, 0.1) is 43.5 Å². The Balaban J connectivity index is 0.877. The molecule has 1 aliphatic carbocycles. The Morgan fingerprint density at radius 3 is 2.73 bits per heavy atom. The topological polar surface area (TPSA) is 130 Å². The highest BCUT2D eigenvalue weighted by atomic mass is 32.2. The average molecular weight is 820 g/mol. The highest BCUT2D eigenvalue weighted by molar-refractivity contribution is 7.98. The van der Waals surface area contributed by atoms with Crippen molar-refractivity contribution in [2.75, 3.05) is 62.0 Å². The van der Waals surface area contributed by atoms with Crippen molar-refractivity contribution in [2.24, 2.45) is 5.41 Å². The van der Waals surface area contributed by atoms with Crippen molar-refractivity contribution in [2.45, 2.75) is 81.4 Å². The molecule has 4 aliphatic rings. The summed E-state index contributed by atoms with van der Waals surface area (Å²) < 4.78 is 36.7. The van der Waals surface area contributed by atoms with Crippen molar-refractivity contribution in [3.63, 3.8) is 0 Å². The molecule has 0 radical (unpaired) electrons. The van der Waals surface area contributed by atoms with Crippen LogP contribution in [0.2, 0.25) is 0 Å². The van der Waals surface area contributed by atoms with Gasteiger partial charge in [0.25, 0.3) is 5.91 Å². The summed E-state index contributed by atoms with van der Waals surface area (Å²) in [6.45, 7) is 9.66. The lowest BCUT2D eigenvalue weighted by Gasteiger charge is -2.56. The van der Waals surface area contributed by atoms with Gasteiger partial charge in [-0.15, -0.1) is 0 Å². The number of pyridine rings is 1. The molecule has 5 aromatic rings. The molecule has 1 saturated carbocycles. The van der Waals surface area contributed by atoms with E-state index in [-0.39, 0.29) is 17.4 Å². The van der Waals surface area contributed by atoms with Crippen LogP contribution in [0.25, 0.3) is 11.0 Å². The van der Waals surface area contributed by atoms with Gasteiger partial charge in [-0.3, -0.25) is 14.4 Å². The van der Waals surface area contributed by atoms with Gasteiger partial charge in [-0.05, 0) is 116 Å². The number of amides is 1.